The highest BCUT2D eigenvalue weighted by molar-refractivity contribution is 5.94. The lowest BCUT2D eigenvalue weighted by atomic mass is 9.99. The van der Waals surface area contributed by atoms with Crippen LogP contribution in [0.1, 0.15) is 43.5 Å². The van der Waals surface area contributed by atoms with Crippen molar-refractivity contribution in [1.29, 1.82) is 0 Å². The number of carbonyl (C=O) groups is 2. The van der Waals surface area contributed by atoms with Crippen LogP contribution in [0.25, 0.3) is 0 Å². The maximum atomic E-state index is 12.5. The van der Waals surface area contributed by atoms with Crippen LogP contribution < -0.4 is 4.90 Å². The first-order valence-corrected chi connectivity index (χ1v) is 8.23. The van der Waals surface area contributed by atoms with Gasteiger partial charge < -0.3 is 14.9 Å². The third-order valence-corrected chi connectivity index (χ3v) is 4.21. The molecule has 0 aliphatic carbocycles. The van der Waals surface area contributed by atoms with Crippen LogP contribution in [0.4, 0.5) is 5.82 Å². The minimum Gasteiger partial charge on any atom is -0.480 e. The molecule has 1 aromatic rings. The summed E-state index contributed by atoms with van der Waals surface area (Å²) >= 11 is 0. The third kappa shape index (κ3) is 4.68. The van der Waals surface area contributed by atoms with Crippen LogP contribution in [0, 0.1) is 5.92 Å². The predicted molar refractivity (Wildman–Crippen MR) is 88.7 cm³/mol. The van der Waals surface area contributed by atoms with E-state index < -0.39 is 5.97 Å². The lowest BCUT2D eigenvalue weighted by Crippen LogP contribution is -2.38. The van der Waals surface area contributed by atoms with Gasteiger partial charge in [0.2, 0.25) is 0 Å². The molecule has 2 rings (SSSR count). The molecule has 1 aromatic heterocycles. The second-order valence-corrected chi connectivity index (χ2v) is 6.20. The van der Waals surface area contributed by atoms with E-state index in [0.717, 1.165) is 32.4 Å². The van der Waals surface area contributed by atoms with Crippen LogP contribution in [-0.4, -0.2) is 53.0 Å². The summed E-state index contributed by atoms with van der Waals surface area (Å²) in [5.41, 5.74) is 0.565. The number of amides is 1. The molecule has 1 N–H and O–H groups in total. The highest BCUT2D eigenvalue weighted by atomic mass is 16.4. The van der Waals surface area contributed by atoms with Crippen LogP contribution >= 0.6 is 0 Å². The molecule has 1 saturated heterocycles. The van der Waals surface area contributed by atoms with Gasteiger partial charge in [0.25, 0.3) is 5.91 Å². The fraction of sp³-hybridized carbons (Fsp3) is 0.588. The number of carbonyl (C=O) groups excluding carboxylic acids is 1. The molecule has 1 fully saturated rings. The number of carboxylic acid groups (broad SMARTS) is 1. The molecule has 0 spiro atoms. The minimum absolute atomic E-state index is 0.0104. The van der Waals surface area contributed by atoms with Crippen LogP contribution in [0.5, 0.6) is 0 Å². The number of anilines is 1. The number of likely N-dealkylation sites (tertiary alicyclic amines) is 1. The van der Waals surface area contributed by atoms with Gasteiger partial charge in [0.15, 0.2) is 0 Å². The van der Waals surface area contributed by atoms with E-state index in [1.807, 2.05) is 11.8 Å². The van der Waals surface area contributed by atoms with Gasteiger partial charge in [-0.05, 0) is 37.3 Å². The fourth-order valence-electron chi connectivity index (χ4n) is 2.80. The standard InChI is InChI=1S/C17H25N3O3/c1-3-8-20(12-16(21)22)15-5-4-14(11-18-15)17(23)19-9-6-13(2)7-10-19/h4-5,11,13H,3,6-10,12H2,1-2H3,(H,21,22). The number of carboxylic acids is 1. The quantitative estimate of drug-likeness (QED) is 0.870. The number of hydrogen-bond donors (Lipinski definition) is 1. The van der Waals surface area contributed by atoms with Gasteiger partial charge >= 0.3 is 5.97 Å². The summed E-state index contributed by atoms with van der Waals surface area (Å²) in [6, 6.07) is 3.48. The van der Waals surface area contributed by atoms with Gasteiger partial charge in [-0.25, -0.2) is 4.98 Å². The average Bonchev–Trinajstić information content (AvgIpc) is 2.54. The fourth-order valence-corrected chi connectivity index (χ4v) is 2.80. The molecule has 1 aliphatic rings. The number of pyridine rings is 1. The number of nitrogens with zero attached hydrogens (tertiary/aromatic N) is 3. The van der Waals surface area contributed by atoms with Crippen molar-refractivity contribution in [2.24, 2.45) is 5.92 Å². The van der Waals surface area contributed by atoms with E-state index in [9.17, 15) is 9.59 Å². The van der Waals surface area contributed by atoms with Crippen molar-refractivity contribution >= 4 is 17.7 Å². The van der Waals surface area contributed by atoms with Crippen molar-refractivity contribution in [2.45, 2.75) is 33.1 Å². The summed E-state index contributed by atoms with van der Waals surface area (Å²) < 4.78 is 0. The van der Waals surface area contributed by atoms with Crippen molar-refractivity contribution in [3.05, 3.63) is 23.9 Å². The van der Waals surface area contributed by atoms with Gasteiger partial charge in [0.1, 0.15) is 12.4 Å². The lowest BCUT2D eigenvalue weighted by Gasteiger charge is -2.30. The van der Waals surface area contributed by atoms with Crippen molar-refractivity contribution in [3.8, 4) is 0 Å². The summed E-state index contributed by atoms with van der Waals surface area (Å²) in [4.78, 5) is 31.3. The maximum absolute atomic E-state index is 12.5. The summed E-state index contributed by atoms with van der Waals surface area (Å²) in [6.07, 6.45) is 4.47. The van der Waals surface area contributed by atoms with Crippen LogP contribution in [0.2, 0.25) is 0 Å². The summed E-state index contributed by atoms with van der Waals surface area (Å²) in [5, 5.41) is 8.98. The molecule has 0 unspecified atom stereocenters. The Morgan fingerprint density at radius 2 is 2.04 bits per heavy atom. The van der Waals surface area contributed by atoms with E-state index in [-0.39, 0.29) is 12.5 Å². The van der Waals surface area contributed by atoms with Gasteiger partial charge in [-0.1, -0.05) is 13.8 Å². The topological polar surface area (TPSA) is 73.7 Å². The Morgan fingerprint density at radius 3 is 2.57 bits per heavy atom. The molecule has 6 nitrogen and oxygen atoms in total. The molecule has 6 heteroatoms. The zero-order valence-corrected chi connectivity index (χ0v) is 13.9. The molecule has 0 saturated carbocycles. The predicted octanol–water partition coefficient (Wildman–Crippen LogP) is 2.25. The number of aliphatic carboxylic acids is 1. The monoisotopic (exact) mass is 319 g/mol. The SMILES string of the molecule is CCCN(CC(=O)O)c1ccc(C(=O)N2CCC(C)CC2)cn1. The van der Waals surface area contributed by atoms with Crippen LogP contribution in [0.3, 0.4) is 0 Å². The first-order valence-electron chi connectivity index (χ1n) is 8.23. The van der Waals surface area contributed by atoms with Gasteiger partial charge in [-0.15, -0.1) is 0 Å². The molecule has 126 valence electrons. The average molecular weight is 319 g/mol. The smallest absolute Gasteiger partial charge is 0.323 e. The van der Waals surface area contributed by atoms with E-state index in [0.29, 0.717) is 23.8 Å². The van der Waals surface area contributed by atoms with Crippen molar-refractivity contribution < 1.29 is 14.7 Å². The largest absolute Gasteiger partial charge is 0.480 e. The zero-order valence-electron chi connectivity index (χ0n) is 13.9. The Labute approximate surface area is 137 Å². The molecular weight excluding hydrogens is 294 g/mol. The summed E-state index contributed by atoms with van der Waals surface area (Å²) in [6.45, 7) is 6.33. The van der Waals surface area contributed by atoms with Gasteiger partial charge in [-0.3, -0.25) is 9.59 Å². The molecule has 1 aliphatic heterocycles. The first-order chi connectivity index (χ1) is 11.0. The van der Waals surface area contributed by atoms with E-state index in [1.165, 1.54) is 0 Å². The summed E-state index contributed by atoms with van der Waals surface area (Å²) in [7, 11) is 0. The van der Waals surface area contributed by atoms with Crippen LogP contribution in [-0.2, 0) is 4.79 Å². The second-order valence-electron chi connectivity index (χ2n) is 6.20. The number of aromatic nitrogens is 1. The Kier molecular flexibility index (Phi) is 5.96. The Bertz CT molecular complexity index is 537. The molecule has 2 heterocycles. The molecule has 0 bridgehead atoms. The molecule has 1 amide bonds. The zero-order chi connectivity index (χ0) is 16.8. The Morgan fingerprint density at radius 1 is 1.35 bits per heavy atom. The van der Waals surface area contributed by atoms with E-state index >= 15 is 0 Å². The van der Waals surface area contributed by atoms with E-state index in [1.54, 1.807) is 23.2 Å². The molecule has 0 aromatic carbocycles. The van der Waals surface area contributed by atoms with Crippen molar-refractivity contribution in [1.82, 2.24) is 9.88 Å². The van der Waals surface area contributed by atoms with E-state index in [2.05, 4.69) is 11.9 Å². The summed E-state index contributed by atoms with van der Waals surface area (Å²) in [5.74, 6) is 0.398. The minimum atomic E-state index is -0.886. The molecule has 0 atom stereocenters. The molecule has 0 radical (unpaired) electrons. The Hall–Kier alpha value is -2.11. The molecule has 23 heavy (non-hydrogen) atoms. The highest BCUT2D eigenvalue weighted by Gasteiger charge is 2.22. The second kappa shape index (κ2) is 7.94. The third-order valence-electron chi connectivity index (χ3n) is 4.21. The van der Waals surface area contributed by atoms with Gasteiger partial charge in [0, 0.05) is 25.8 Å². The molecular formula is C17H25N3O3. The van der Waals surface area contributed by atoms with E-state index in [4.69, 9.17) is 5.11 Å². The first kappa shape index (κ1) is 17.2. The maximum Gasteiger partial charge on any atom is 0.323 e. The van der Waals surface area contributed by atoms with Crippen LogP contribution in [0.15, 0.2) is 18.3 Å². The van der Waals surface area contributed by atoms with Gasteiger partial charge in [0.05, 0.1) is 5.56 Å². The van der Waals surface area contributed by atoms with Crippen molar-refractivity contribution in [2.75, 3.05) is 31.1 Å². The number of rotatable bonds is 6. The number of piperidine rings is 1. The Balaban J connectivity index is 2.05. The van der Waals surface area contributed by atoms with Crippen molar-refractivity contribution in [3.63, 3.8) is 0 Å². The number of hydrogen-bond acceptors (Lipinski definition) is 4. The highest BCUT2D eigenvalue weighted by Crippen LogP contribution is 2.19. The normalized spacial score (nSPS) is 15.5. The van der Waals surface area contributed by atoms with Gasteiger partial charge in [-0.2, -0.15) is 0 Å². The lowest BCUT2D eigenvalue weighted by molar-refractivity contribution is -0.135.